The van der Waals surface area contributed by atoms with Crippen molar-refractivity contribution in [3.63, 3.8) is 0 Å². The first-order valence-corrected chi connectivity index (χ1v) is 6.14. The van der Waals surface area contributed by atoms with E-state index in [-0.39, 0.29) is 49.7 Å². The second-order valence-corrected chi connectivity index (χ2v) is 4.19. The summed E-state index contributed by atoms with van der Waals surface area (Å²) in [7, 11) is 0. The molecule has 0 aromatic carbocycles. The van der Waals surface area contributed by atoms with Gasteiger partial charge in [-0.2, -0.15) is 0 Å². The third kappa shape index (κ3) is 9.04. The number of hydrogen-bond acceptors (Lipinski definition) is 4. The van der Waals surface area contributed by atoms with Crippen LogP contribution in [-0.2, 0) is 9.59 Å². The standard InChI is InChI=1S/C11H22N4O2.2ClH/c1-2-15(9-3-4-9)6-5-13-11(17)8-14-10(16)7-12;;/h9H,2-8,12H2,1H3,(H,13,17)(H,14,16);2*1H. The summed E-state index contributed by atoms with van der Waals surface area (Å²) in [5.74, 6) is -0.480. The SMILES string of the molecule is CCN(CCNC(=O)CNC(=O)CN)C1CC1.Cl.Cl. The second-order valence-electron chi connectivity index (χ2n) is 4.19. The lowest BCUT2D eigenvalue weighted by Crippen LogP contribution is -2.42. The van der Waals surface area contributed by atoms with Crippen molar-refractivity contribution in [1.82, 2.24) is 15.5 Å². The number of halogens is 2. The van der Waals surface area contributed by atoms with Gasteiger partial charge in [0.1, 0.15) is 0 Å². The Morgan fingerprint density at radius 2 is 1.84 bits per heavy atom. The van der Waals surface area contributed by atoms with Crippen molar-refractivity contribution in [3.05, 3.63) is 0 Å². The van der Waals surface area contributed by atoms with Crippen molar-refractivity contribution < 1.29 is 9.59 Å². The minimum Gasteiger partial charge on any atom is -0.353 e. The van der Waals surface area contributed by atoms with E-state index >= 15 is 0 Å². The molecule has 1 aliphatic carbocycles. The number of nitrogens with two attached hydrogens (primary N) is 1. The monoisotopic (exact) mass is 314 g/mol. The number of nitrogens with one attached hydrogen (secondary N) is 2. The Kier molecular flexibility index (Phi) is 12.3. The fourth-order valence-electron chi connectivity index (χ4n) is 1.69. The maximum Gasteiger partial charge on any atom is 0.239 e. The van der Waals surface area contributed by atoms with E-state index in [1.807, 2.05) is 0 Å². The summed E-state index contributed by atoms with van der Waals surface area (Å²) < 4.78 is 0. The van der Waals surface area contributed by atoms with Gasteiger partial charge in [-0.25, -0.2) is 0 Å². The Morgan fingerprint density at radius 3 is 2.32 bits per heavy atom. The van der Waals surface area contributed by atoms with Gasteiger partial charge >= 0.3 is 0 Å². The third-order valence-corrected chi connectivity index (χ3v) is 2.82. The van der Waals surface area contributed by atoms with Crippen molar-refractivity contribution >= 4 is 36.6 Å². The van der Waals surface area contributed by atoms with E-state index < -0.39 is 0 Å². The van der Waals surface area contributed by atoms with Crippen LogP contribution in [0.4, 0.5) is 0 Å². The molecule has 0 heterocycles. The van der Waals surface area contributed by atoms with Crippen LogP contribution in [0.5, 0.6) is 0 Å². The van der Waals surface area contributed by atoms with E-state index in [9.17, 15) is 9.59 Å². The van der Waals surface area contributed by atoms with Crippen LogP contribution >= 0.6 is 24.8 Å². The molecule has 0 aromatic rings. The van der Waals surface area contributed by atoms with Crippen LogP contribution < -0.4 is 16.4 Å². The summed E-state index contributed by atoms with van der Waals surface area (Å²) in [5, 5.41) is 5.20. The lowest BCUT2D eigenvalue weighted by Gasteiger charge is -2.19. The summed E-state index contributed by atoms with van der Waals surface area (Å²) in [6.07, 6.45) is 2.54. The van der Waals surface area contributed by atoms with Gasteiger partial charge in [-0.1, -0.05) is 6.92 Å². The second kappa shape index (κ2) is 11.3. The van der Waals surface area contributed by atoms with E-state index in [2.05, 4.69) is 22.5 Å². The Balaban J connectivity index is 0. The topological polar surface area (TPSA) is 87.5 Å². The summed E-state index contributed by atoms with van der Waals surface area (Å²) >= 11 is 0. The molecule has 8 heteroatoms. The number of likely N-dealkylation sites (N-methyl/N-ethyl adjacent to an activating group) is 1. The minimum atomic E-state index is -0.312. The molecule has 0 aliphatic heterocycles. The van der Waals surface area contributed by atoms with E-state index in [4.69, 9.17) is 5.73 Å². The van der Waals surface area contributed by atoms with Gasteiger partial charge in [0.05, 0.1) is 13.1 Å². The molecular formula is C11H24Cl2N4O2. The van der Waals surface area contributed by atoms with Gasteiger partial charge in [0.15, 0.2) is 0 Å². The van der Waals surface area contributed by atoms with Gasteiger partial charge in [0.2, 0.25) is 11.8 Å². The average molecular weight is 315 g/mol. The number of amides is 2. The Morgan fingerprint density at radius 1 is 1.21 bits per heavy atom. The molecule has 1 fully saturated rings. The Hall–Kier alpha value is -0.560. The van der Waals surface area contributed by atoms with Gasteiger partial charge in [0.25, 0.3) is 0 Å². The highest BCUT2D eigenvalue weighted by Gasteiger charge is 2.27. The lowest BCUT2D eigenvalue weighted by atomic mass is 10.4. The van der Waals surface area contributed by atoms with Gasteiger partial charge in [0, 0.05) is 19.1 Å². The first-order chi connectivity index (χ1) is 8.17. The molecule has 1 aliphatic rings. The van der Waals surface area contributed by atoms with Crippen LogP contribution in [0.2, 0.25) is 0 Å². The zero-order valence-corrected chi connectivity index (χ0v) is 12.8. The number of rotatable bonds is 8. The van der Waals surface area contributed by atoms with E-state index in [0.717, 1.165) is 13.1 Å². The molecular weight excluding hydrogens is 291 g/mol. The molecule has 0 bridgehead atoms. The van der Waals surface area contributed by atoms with E-state index in [0.29, 0.717) is 12.6 Å². The normalized spacial score (nSPS) is 13.2. The van der Waals surface area contributed by atoms with Crippen LogP contribution in [0.25, 0.3) is 0 Å². The maximum atomic E-state index is 11.3. The molecule has 0 saturated heterocycles. The van der Waals surface area contributed by atoms with Gasteiger partial charge < -0.3 is 16.4 Å². The molecule has 0 atom stereocenters. The summed E-state index contributed by atoms with van der Waals surface area (Å²) in [5.41, 5.74) is 5.11. The predicted molar refractivity (Wildman–Crippen MR) is 79.8 cm³/mol. The molecule has 0 aromatic heterocycles. The van der Waals surface area contributed by atoms with Crippen LogP contribution in [-0.4, -0.2) is 55.5 Å². The van der Waals surface area contributed by atoms with Crippen molar-refractivity contribution in [2.75, 3.05) is 32.7 Å². The van der Waals surface area contributed by atoms with Crippen LogP contribution in [0.3, 0.4) is 0 Å². The van der Waals surface area contributed by atoms with E-state index in [1.54, 1.807) is 0 Å². The molecule has 4 N–H and O–H groups in total. The molecule has 0 unspecified atom stereocenters. The lowest BCUT2D eigenvalue weighted by molar-refractivity contribution is -0.125. The molecule has 1 rings (SSSR count). The Labute approximate surface area is 126 Å². The number of carbonyl (C=O) groups excluding carboxylic acids is 2. The van der Waals surface area contributed by atoms with Crippen molar-refractivity contribution in [1.29, 1.82) is 0 Å². The zero-order valence-electron chi connectivity index (χ0n) is 11.2. The maximum absolute atomic E-state index is 11.3. The number of hydrogen-bond donors (Lipinski definition) is 3. The van der Waals surface area contributed by atoms with Crippen LogP contribution in [0.1, 0.15) is 19.8 Å². The summed E-state index contributed by atoms with van der Waals surface area (Å²) in [4.78, 5) is 24.5. The highest BCUT2D eigenvalue weighted by Crippen LogP contribution is 2.25. The fraction of sp³-hybridized carbons (Fsp3) is 0.818. The van der Waals surface area contributed by atoms with Gasteiger partial charge in [-0.15, -0.1) is 24.8 Å². The largest absolute Gasteiger partial charge is 0.353 e. The Bertz CT molecular complexity index is 275. The molecule has 1 saturated carbocycles. The molecule has 19 heavy (non-hydrogen) atoms. The highest BCUT2D eigenvalue weighted by molar-refractivity contribution is 5.86. The van der Waals surface area contributed by atoms with Crippen LogP contribution in [0.15, 0.2) is 0 Å². The summed E-state index contributed by atoms with van der Waals surface area (Å²) in [6, 6.07) is 0.717. The number of nitrogens with zero attached hydrogens (tertiary/aromatic N) is 1. The summed E-state index contributed by atoms with van der Waals surface area (Å²) in [6.45, 7) is 4.57. The van der Waals surface area contributed by atoms with E-state index in [1.165, 1.54) is 12.8 Å². The predicted octanol–water partition coefficient (Wildman–Crippen LogP) is -0.495. The van der Waals surface area contributed by atoms with Crippen molar-refractivity contribution in [2.45, 2.75) is 25.8 Å². The van der Waals surface area contributed by atoms with Crippen molar-refractivity contribution in [2.24, 2.45) is 5.73 Å². The highest BCUT2D eigenvalue weighted by atomic mass is 35.5. The quantitative estimate of drug-likeness (QED) is 0.564. The van der Waals surface area contributed by atoms with Gasteiger partial charge in [-0.05, 0) is 19.4 Å². The van der Waals surface area contributed by atoms with Crippen LogP contribution in [0, 0.1) is 0 Å². The molecule has 0 radical (unpaired) electrons. The van der Waals surface area contributed by atoms with Crippen molar-refractivity contribution in [3.8, 4) is 0 Å². The smallest absolute Gasteiger partial charge is 0.239 e. The molecule has 0 spiro atoms. The first kappa shape index (κ1) is 20.8. The number of carbonyl (C=O) groups is 2. The first-order valence-electron chi connectivity index (χ1n) is 6.14. The van der Waals surface area contributed by atoms with Gasteiger partial charge in [-0.3, -0.25) is 14.5 Å². The fourth-order valence-corrected chi connectivity index (χ4v) is 1.69. The molecule has 2 amide bonds. The molecule has 6 nitrogen and oxygen atoms in total. The molecule has 114 valence electrons. The average Bonchev–Trinajstić information content (AvgIpc) is 3.15. The zero-order chi connectivity index (χ0) is 12.7. The minimum absolute atomic E-state index is 0. The third-order valence-electron chi connectivity index (χ3n) is 2.82.